The Balaban J connectivity index is 1.98. The van der Waals surface area contributed by atoms with Gasteiger partial charge in [-0.25, -0.2) is 3.63 Å². The molecule has 1 heterocycles. The van der Waals surface area contributed by atoms with E-state index in [2.05, 4.69) is 0 Å². The molecule has 3 rings (SSSR count). The van der Waals surface area contributed by atoms with Crippen LogP contribution in [0.15, 0.2) is 47.4 Å². The third-order valence-electron chi connectivity index (χ3n) is 4.11. The monoisotopic (exact) mass is 408 g/mol. The van der Waals surface area contributed by atoms with Gasteiger partial charge in [0.15, 0.2) is 0 Å². The zero-order valence-electron chi connectivity index (χ0n) is 14.0. The van der Waals surface area contributed by atoms with Gasteiger partial charge in [0.2, 0.25) is 0 Å². The van der Waals surface area contributed by atoms with Crippen LogP contribution in [0.1, 0.15) is 6.42 Å². The second-order valence-corrected chi connectivity index (χ2v) is 11.0. The molecule has 2 unspecified atom stereocenters. The van der Waals surface area contributed by atoms with Crippen LogP contribution in [0.3, 0.4) is 0 Å². The van der Waals surface area contributed by atoms with E-state index in [1.807, 2.05) is 36.4 Å². The molecule has 9 heteroatoms. The number of hydrogen-bond donors (Lipinski definition) is 0. The molecule has 0 bridgehead atoms. The number of alkyl halides is 3. The maximum absolute atomic E-state index is 12.5. The Bertz CT molecular complexity index is 893. The number of halogens is 3. The fourth-order valence-corrected chi connectivity index (χ4v) is 8.85. The molecule has 2 aromatic rings. The standard InChI is InChI=1S/C17H19F3O4S2/c1-25(21,22)24-26(10-9-14(11-26)23-12-17(18,19)20)16-8-4-6-13-5-2-3-7-15(13)16/h2-8,14H,9-12H2,1H3. The number of rotatable bonds is 5. The van der Waals surface area contributed by atoms with Gasteiger partial charge in [-0.1, -0.05) is 46.7 Å². The Kier molecular flexibility index (Phi) is 5.26. The second kappa shape index (κ2) is 7.03. The fourth-order valence-electron chi connectivity index (χ4n) is 3.19. The van der Waals surface area contributed by atoms with Crippen molar-refractivity contribution in [1.82, 2.24) is 0 Å². The summed E-state index contributed by atoms with van der Waals surface area (Å²) >= 11 is 0. The largest absolute Gasteiger partial charge is 0.411 e. The molecular weight excluding hydrogens is 389 g/mol. The van der Waals surface area contributed by atoms with Crippen molar-refractivity contribution in [3.8, 4) is 0 Å². The SMILES string of the molecule is CS(=O)(=O)OS1(c2cccc3ccccc23)CCC(OCC(F)(F)F)C1. The fraction of sp³-hybridized carbons (Fsp3) is 0.412. The van der Waals surface area contributed by atoms with E-state index in [0.717, 1.165) is 21.9 Å². The van der Waals surface area contributed by atoms with Gasteiger partial charge in [0, 0.05) is 16.4 Å². The van der Waals surface area contributed by atoms with Crippen molar-refractivity contribution in [2.75, 3.05) is 24.4 Å². The van der Waals surface area contributed by atoms with Crippen LogP contribution in [0, 0.1) is 0 Å². The molecule has 0 N–H and O–H groups in total. The quantitative estimate of drug-likeness (QED) is 0.742. The second-order valence-electron chi connectivity index (χ2n) is 6.27. The minimum atomic E-state index is -4.42. The molecular formula is C17H19F3O4S2. The molecule has 1 aliphatic rings. The van der Waals surface area contributed by atoms with Gasteiger partial charge in [0.1, 0.15) is 6.61 Å². The Morgan fingerprint density at radius 1 is 1.15 bits per heavy atom. The highest BCUT2D eigenvalue weighted by molar-refractivity contribution is 8.33. The van der Waals surface area contributed by atoms with Crippen LogP contribution in [0.5, 0.6) is 0 Å². The Morgan fingerprint density at radius 3 is 2.54 bits per heavy atom. The van der Waals surface area contributed by atoms with Crippen molar-refractivity contribution in [3.63, 3.8) is 0 Å². The van der Waals surface area contributed by atoms with Crippen molar-refractivity contribution in [3.05, 3.63) is 42.5 Å². The third-order valence-corrected chi connectivity index (χ3v) is 9.11. The lowest BCUT2D eigenvalue weighted by Gasteiger charge is -2.35. The minimum absolute atomic E-state index is 0.129. The van der Waals surface area contributed by atoms with Crippen LogP contribution >= 0.6 is 10.3 Å². The third kappa shape index (κ3) is 4.51. The predicted octanol–water partition coefficient (Wildman–Crippen LogP) is 4.25. The molecule has 1 saturated heterocycles. The first-order valence-electron chi connectivity index (χ1n) is 7.94. The molecule has 1 aliphatic heterocycles. The Labute approximate surface area is 151 Å². The lowest BCUT2D eigenvalue weighted by Crippen LogP contribution is -2.24. The van der Waals surface area contributed by atoms with E-state index in [0.29, 0.717) is 12.2 Å². The molecule has 144 valence electrons. The molecule has 2 atom stereocenters. The molecule has 0 aromatic heterocycles. The predicted molar refractivity (Wildman–Crippen MR) is 95.9 cm³/mol. The average Bonchev–Trinajstić information content (AvgIpc) is 2.94. The van der Waals surface area contributed by atoms with Gasteiger partial charge >= 0.3 is 6.18 Å². The molecule has 0 aliphatic carbocycles. The maximum atomic E-state index is 12.5. The maximum Gasteiger partial charge on any atom is 0.411 e. The van der Waals surface area contributed by atoms with Gasteiger partial charge in [-0.3, -0.25) is 0 Å². The van der Waals surface area contributed by atoms with E-state index in [1.165, 1.54) is 0 Å². The highest BCUT2D eigenvalue weighted by atomic mass is 32.3. The van der Waals surface area contributed by atoms with Crippen LogP contribution in [-0.2, 0) is 18.5 Å². The molecule has 0 radical (unpaired) electrons. The normalized spacial score (nSPS) is 26.7. The van der Waals surface area contributed by atoms with Crippen molar-refractivity contribution in [2.24, 2.45) is 0 Å². The van der Waals surface area contributed by atoms with Gasteiger partial charge < -0.3 is 4.74 Å². The van der Waals surface area contributed by atoms with Crippen molar-refractivity contribution in [2.45, 2.75) is 23.6 Å². The minimum Gasteiger partial charge on any atom is -0.368 e. The summed E-state index contributed by atoms with van der Waals surface area (Å²) in [5.41, 5.74) is 0. The number of ether oxygens (including phenoxy) is 1. The summed E-state index contributed by atoms with van der Waals surface area (Å²) in [4.78, 5) is 0.735. The number of fused-ring (bicyclic) bond motifs is 1. The summed E-state index contributed by atoms with van der Waals surface area (Å²) in [5.74, 6) is 0.473. The number of benzene rings is 2. The molecule has 0 saturated carbocycles. The van der Waals surface area contributed by atoms with Crippen LogP contribution in [-0.4, -0.2) is 45.1 Å². The summed E-state index contributed by atoms with van der Waals surface area (Å²) in [5, 5.41) is 1.78. The van der Waals surface area contributed by atoms with Gasteiger partial charge in [-0.05, 0) is 23.3 Å². The van der Waals surface area contributed by atoms with E-state index in [-0.39, 0.29) is 5.75 Å². The summed E-state index contributed by atoms with van der Waals surface area (Å²) in [6.45, 7) is -1.35. The van der Waals surface area contributed by atoms with Crippen molar-refractivity contribution in [1.29, 1.82) is 0 Å². The summed E-state index contributed by atoms with van der Waals surface area (Å²) in [6.07, 6.45) is -3.81. The molecule has 0 amide bonds. The Morgan fingerprint density at radius 2 is 1.85 bits per heavy atom. The van der Waals surface area contributed by atoms with Gasteiger partial charge in [-0.15, -0.1) is 0 Å². The van der Waals surface area contributed by atoms with Crippen LogP contribution in [0.2, 0.25) is 0 Å². The zero-order chi connectivity index (χ0) is 19.0. The molecule has 2 aromatic carbocycles. The summed E-state index contributed by atoms with van der Waals surface area (Å²) in [6, 6.07) is 13.0. The van der Waals surface area contributed by atoms with Crippen molar-refractivity contribution < 1.29 is 30.0 Å². The van der Waals surface area contributed by atoms with E-state index in [1.54, 1.807) is 6.07 Å². The van der Waals surface area contributed by atoms with Gasteiger partial charge in [-0.2, -0.15) is 21.6 Å². The van der Waals surface area contributed by atoms with E-state index in [9.17, 15) is 21.6 Å². The number of hydrogen-bond acceptors (Lipinski definition) is 4. The highest BCUT2D eigenvalue weighted by Crippen LogP contribution is 2.64. The molecule has 1 fully saturated rings. The topological polar surface area (TPSA) is 52.6 Å². The van der Waals surface area contributed by atoms with Gasteiger partial charge in [0.05, 0.1) is 12.4 Å². The van der Waals surface area contributed by atoms with Crippen LogP contribution in [0.4, 0.5) is 13.2 Å². The highest BCUT2D eigenvalue weighted by Gasteiger charge is 2.42. The van der Waals surface area contributed by atoms with E-state index >= 15 is 0 Å². The van der Waals surface area contributed by atoms with Crippen molar-refractivity contribution >= 4 is 31.2 Å². The zero-order valence-corrected chi connectivity index (χ0v) is 15.7. The van der Waals surface area contributed by atoms with E-state index < -0.39 is 39.3 Å². The summed E-state index contributed by atoms with van der Waals surface area (Å²) < 4.78 is 71.7. The molecule has 0 spiro atoms. The first kappa shape index (κ1) is 19.5. The van der Waals surface area contributed by atoms with E-state index in [4.69, 9.17) is 8.37 Å². The Hall–Kier alpha value is -1.29. The summed E-state index contributed by atoms with van der Waals surface area (Å²) in [7, 11) is -6.11. The lowest BCUT2D eigenvalue weighted by molar-refractivity contribution is -0.182. The lowest BCUT2D eigenvalue weighted by atomic mass is 10.1. The first-order valence-corrected chi connectivity index (χ1v) is 11.7. The van der Waals surface area contributed by atoms with Crippen LogP contribution < -0.4 is 0 Å². The van der Waals surface area contributed by atoms with Gasteiger partial charge in [0.25, 0.3) is 10.1 Å². The average molecular weight is 408 g/mol. The smallest absolute Gasteiger partial charge is 0.368 e. The van der Waals surface area contributed by atoms with Crippen LogP contribution in [0.25, 0.3) is 10.8 Å². The first-order chi connectivity index (χ1) is 12.1. The molecule has 26 heavy (non-hydrogen) atoms. The molecule has 4 nitrogen and oxygen atoms in total.